The van der Waals surface area contributed by atoms with E-state index in [0.29, 0.717) is 38.3 Å². The first-order valence-electron chi connectivity index (χ1n) is 6.81. The molecule has 0 bridgehead atoms. The Hall–Kier alpha value is -2.24. The lowest BCUT2D eigenvalue weighted by molar-refractivity contribution is -0.121. The van der Waals surface area contributed by atoms with E-state index in [4.69, 9.17) is 5.73 Å². The Balaban J connectivity index is 1.96. The Morgan fingerprint density at radius 1 is 1.35 bits per heavy atom. The third-order valence-electron chi connectivity index (χ3n) is 3.31. The van der Waals surface area contributed by atoms with E-state index in [2.05, 4.69) is 5.32 Å². The van der Waals surface area contributed by atoms with Crippen LogP contribution in [-0.4, -0.2) is 43.0 Å². The van der Waals surface area contributed by atoms with Crippen molar-refractivity contribution in [2.45, 2.75) is 13.3 Å². The third-order valence-corrected chi connectivity index (χ3v) is 3.31. The predicted octanol–water partition coefficient (Wildman–Crippen LogP) is 1.04. The molecule has 3 amide bonds. The van der Waals surface area contributed by atoms with Gasteiger partial charge in [-0.05, 0) is 19.1 Å². The second-order valence-corrected chi connectivity index (χ2v) is 4.68. The normalized spacial score (nSPS) is 14.8. The molecule has 0 aliphatic carbocycles. The molecule has 0 unspecified atom stereocenters. The number of carbonyl (C=O) groups is 2. The number of hydrogen-bond donors (Lipinski definition) is 2. The van der Waals surface area contributed by atoms with Crippen LogP contribution in [0.4, 0.5) is 16.2 Å². The van der Waals surface area contributed by atoms with E-state index >= 15 is 0 Å². The summed E-state index contributed by atoms with van der Waals surface area (Å²) in [7, 11) is 0. The van der Waals surface area contributed by atoms with Gasteiger partial charge in [-0.3, -0.25) is 9.69 Å². The van der Waals surface area contributed by atoms with Gasteiger partial charge in [-0.2, -0.15) is 0 Å². The highest BCUT2D eigenvalue weighted by molar-refractivity contribution is 5.97. The zero-order valence-corrected chi connectivity index (χ0v) is 11.6. The highest BCUT2D eigenvalue weighted by atomic mass is 16.2. The number of carbonyl (C=O) groups excluding carboxylic acids is 2. The van der Waals surface area contributed by atoms with Crippen LogP contribution < -0.4 is 16.0 Å². The number of anilines is 2. The maximum Gasteiger partial charge on any atom is 0.324 e. The van der Waals surface area contributed by atoms with Crippen molar-refractivity contribution in [3.63, 3.8) is 0 Å². The first-order chi connectivity index (χ1) is 9.63. The molecular weight excluding hydrogens is 256 g/mol. The van der Waals surface area contributed by atoms with Gasteiger partial charge in [-0.1, -0.05) is 12.1 Å². The minimum absolute atomic E-state index is 0.0297. The molecule has 1 aliphatic rings. The van der Waals surface area contributed by atoms with Crippen LogP contribution in [0.15, 0.2) is 24.3 Å². The van der Waals surface area contributed by atoms with Crippen molar-refractivity contribution in [3.05, 3.63) is 24.3 Å². The van der Waals surface area contributed by atoms with Crippen LogP contribution in [-0.2, 0) is 4.79 Å². The summed E-state index contributed by atoms with van der Waals surface area (Å²) in [6.45, 7) is 4.14. The Morgan fingerprint density at radius 3 is 2.80 bits per heavy atom. The summed E-state index contributed by atoms with van der Waals surface area (Å²) in [5, 5.41) is 2.73. The van der Waals surface area contributed by atoms with Gasteiger partial charge in [0.25, 0.3) is 0 Å². The molecule has 6 nitrogen and oxygen atoms in total. The van der Waals surface area contributed by atoms with Gasteiger partial charge >= 0.3 is 6.03 Å². The summed E-state index contributed by atoms with van der Waals surface area (Å²) in [5.74, 6) is -0.0297. The molecule has 20 heavy (non-hydrogen) atoms. The number of amides is 3. The molecule has 0 radical (unpaired) electrons. The summed E-state index contributed by atoms with van der Waals surface area (Å²) >= 11 is 0. The van der Waals surface area contributed by atoms with Gasteiger partial charge < -0.3 is 16.0 Å². The van der Waals surface area contributed by atoms with E-state index < -0.39 is 0 Å². The lowest BCUT2D eigenvalue weighted by atomic mass is 10.2. The van der Waals surface area contributed by atoms with Crippen LogP contribution in [0.3, 0.4) is 0 Å². The molecule has 2 rings (SSSR count). The number of benzene rings is 1. The predicted molar refractivity (Wildman–Crippen MR) is 78.5 cm³/mol. The number of hydrogen-bond acceptors (Lipinski definition) is 3. The maximum absolute atomic E-state index is 12.3. The SMILES string of the molecule is CCNC(=O)CCN1CCN(c2ccccc2N)C1=O. The fourth-order valence-corrected chi connectivity index (χ4v) is 2.27. The van der Waals surface area contributed by atoms with Crippen molar-refractivity contribution >= 4 is 23.3 Å². The monoisotopic (exact) mass is 276 g/mol. The Bertz CT molecular complexity index is 504. The number of rotatable bonds is 5. The van der Waals surface area contributed by atoms with Gasteiger partial charge in [0, 0.05) is 32.6 Å². The van der Waals surface area contributed by atoms with Crippen LogP contribution in [0.1, 0.15) is 13.3 Å². The fourth-order valence-electron chi connectivity index (χ4n) is 2.27. The molecule has 1 aromatic carbocycles. The molecule has 108 valence electrons. The summed E-state index contributed by atoms with van der Waals surface area (Å²) in [6, 6.07) is 7.22. The van der Waals surface area contributed by atoms with Crippen molar-refractivity contribution in [3.8, 4) is 0 Å². The Labute approximate surface area is 118 Å². The van der Waals surface area contributed by atoms with Gasteiger partial charge in [0.05, 0.1) is 11.4 Å². The molecule has 1 fully saturated rings. The highest BCUT2D eigenvalue weighted by Gasteiger charge is 2.30. The van der Waals surface area contributed by atoms with Crippen LogP contribution in [0.2, 0.25) is 0 Å². The summed E-state index contributed by atoms with van der Waals surface area (Å²) in [6.07, 6.45) is 0.331. The molecule has 1 aromatic rings. The second kappa shape index (κ2) is 6.27. The number of nitrogens with zero attached hydrogens (tertiary/aromatic N) is 2. The van der Waals surface area contributed by atoms with Crippen molar-refractivity contribution in [2.24, 2.45) is 0 Å². The first kappa shape index (κ1) is 14.2. The van der Waals surface area contributed by atoms with Crippen molar-refractivity contribution < 1.29 is 9.59 Å². The topological polar surface area (TPSA) is 78.7 Å². The lowest BCUT2D eigenvalue weighted by Crippen LogP contribution is -2.35. The van der Waals surface area contributed by atoms with Crippen LogP contribution in [0.25, 0.3) is 0 Å². The molecular formula is C14H20N4O2. The standard InChI is InChI=1S/C14H20N4O2/c1-2-16-13(19)7-8-17-9-10-18(14(17)20)12-6-4-3-5-11(12)15/h3-6H,2,7-10,15H2,1H3,(H,16,19). The number of nitrogens with two attached hydrogens (primary N) is 1. The quantitative estimate of drug-likeness (QED) is 0.789. The zero-order chi connectivity index (χ0) is 14.5. The minimum Gasteiger partial charge on any atom is -0.397 e. The van der Waals surface area contributed by atoms with E-state index in [-0.39, 0.29) is 11.9 Å². The minimum atomic E-state index is -0.0906. The molecule has 6 heteroatoms. The van der Waals surface area contributed by atoms with E-state index in [1.807, 2.05) is 25.1 Å². The van der Waals surface area contributed by atoms with Crippen molar-refractivity contribution in [1.29, 1.82) is 0 Å². The Kier molecular flexibility index (Phi) is 4.45. The molecule has 0 atom stereocenters. The summed E-state index contributed by atoms with van der Waals surface area (Å²) < 4.78 is 0. The van der Waals surface area contributed by atoms with Crippen LogP contribution in [0, 0.1) is 0 Å². The summed E-state index contributed by atoms with van der Waals surface area (Å²) in [4.78, 5) is 27.1. The zero-order valence-electron chi connectivity index (χ0n) is 11.6. The first-order valence-corrected chi connectivity index (χ1v) is 6.81. The molecule has 3 N–H and O–H groups in total. The van der Waals surface area contributed by atoms with Crippen LogP contribution in [0.5, 0.6) is 0 Å². The third kappa shape index (κ3) is 3.01. The molecule has 1 saturated heterocycles. The van der Waals surface area contributed by atoms with Gasteiger partial charge in [0.1, 0.15) is 0 Å². The van der Waals surface area contributed by atoms with E-state index in [1.165, 1.54) is 0 Å². The van der Waals surface area contributed by atoms with Gasteiger partial charge in [-0.25, -0.2) is 4.79 Å². The lowest BCUT2D eigenvalue weighted by Gasteiger charge is -2.19. The highest BCUT2D eigenvalue weighted by Crippen LogP contribution is 2.26. The molecule has 1 heterocycles. The largest absolute Gasteiger partial charge is 0.397 e. The smallest absolute Gasteiger partial charge is 0.324 e. The second-order valence-electron chi connectivity index (χ2n) is 4.68. The fraction of sp³-hybridized carbons (Fsp3) is 0.429. The van der Waals surface area contributed by atoms with Crippen LogP contribution >= 0.6 is 0 Å². The molecule has 0 saturated carbocycles. The summed E-state index contributed by atoms with van der Waals surface area (Å²) in [5.41, 5.74) is 7.22. The average molecular weight is 276 g/mol. The van der Waals surface area contributed by atoms with Crippen molar-refractivity contribution in [2.75, 3.05) is 36.8 Å². The average Bonchev–Trinajstić information content (AvgIpc) is 2.79. The number of nitrogens with one attached hydrogen (secondary N) is 1. The van der Waals surface area contributed by atoms with Gasteiger partial charge in [0.15, 0.2) is 0 Å². The van der Waals surface area contributed by atoms with E-state index in [1.54, 1.807) is 15.9 Å². The van der Waals surface area contributed by atoms with E-state index in [9.17, 15) is 9.59 Å². The van der Waals surface area contributed by atoms with E-state index in [0.717, 1.165) is 5.69 Å². The molecule has 1 aliphatic heterocycles. The van der Waals surface area contributed by atoms with Crippen molar-refractivity contribution in [1.82, 2.24) is 10.2 Å². The Morgan fingerprint density at radius 2 is 2.10 bits per heavy atom. The molecule has 0 aromatic heterocycles. The van der Waals surface area contributed by atoms with Gasteiger partial charge in [0.2, 0.25) is 5.91 Å². The van der Waals surface area contributed by atoms with Gasteiger partial charge in [-0.15, -0.1) is 0 Å². The number of urea groups is 1. The number of nitrogen functional groups attached to an aromatic ring is 1. The molecule has 0 spiro atoms. The maximum atomic E-state index is 12.3. The number of para-hydroxylation sites is 2.